The number of aliphatic hydroxyl groups is 1. The summed E-state index contributed by atoms with van der Waals surface area (Å²) in [5.74, 6) is 1.72. The van der Waals surface area contributed by atoms with Crippen LogP contribution < -0.4 is 9.47 Å². The first kappa shape index (κ1) is 18.5. The van der Waals surface area contributed by atoms with E-state index in [9.17, 15) is 0 Å². The predicted molar refractivity (Wildman–Crippen MR) is 94.0 cm³/mol. The molecule has 0 fully saturated rings. The lowest BCUT2D eigenvalue weighted by molar-refractivity contribution is 0.273. The number of ether oxygens (including phenoxy) is 2. The van der Waals surface area contributed by atoms with E-state index in [0.29, 0.717) is 0 Å². The molecule has 0 aromatic heterocycles. The lowest BCUT2D eigenvalue weighted by atomic mass is 10.1. The van der Waals surface area contributed by atoms with E-state index in [4.69, 9.17) is 14.6 Å². The van der Waals surface area contributed by atoms with Gasteiger partial charge in [0.15, 0.2) is 0 Å². The molecule has 1 N–H and O–H groups in total. The van der Waals surface area contributed by atoms with E-state index in [2.05, 4.69) is 28.9 Å². The van der Waals surface area contributed by atoms with Crippen LogP contribution in [0.3, 0.4) is 0 Å². The van der Waals surface area contributed by atoms with Crippen molar-refractivity contribution in [2.75, 3.05) is 14.2 Å². The number of hydrogen-bond donors (Lipinski definition) is 1. The quantitative estimate of drug-likeness (QED) is 0.815. The van der Waals surface area contributed by atoms with Gasteiger partial charge in [0.1, 0.15) is 11.5 Å². The highest BCUT2D eigenvalue weighted by molar-refractivity contribution is 9.08. The maximum atomic E-state index is 8.95. The minimum absolute atomic E-state index is 0.0375. The molecule has 3 nitrogen and oxygen atoms in total. The van der Waals surface area contributed by atoms with Gasteiger partial charge in [-0.3, -0.25) is 0 Å². The number of aryl methyl sites for hydroxylation is 2. The molecule has 0 unspecified atom stereocenters. The van der Waals surface area contributed by atoms with E-state index in [0.717, 1.165) is 28.0 Å². The molecule has 0 aliphatic heterocycles. The first-order valence-electron chi connectivity index (χ1n) is 7.00. The van der Waals surface area contributed by atoms with Gasteiger partial charge >= 0.3 is 0 Å². The molecule has 0 atom stereocenters. The van der Waals surface area contributed by atoms with Gasteiger partial charge in [-0.1, -0.05) is 40.2 Å². The second kappa shape index (κ2) is 9.49. The minimum Gasteiger partial charge on any atom is -0.496 e. The number of alkyl halides is 1. The van der Waals surface area contributed by atoms with Crippen LogP contribution in [-0.2, 0) is 11.9 Å². The monoisotopic (exact) mass is 366 g/mol. The first-order valence-corrected chi connectivity index (χ1v) is 8.12. The smallest absolute Gasteiger partial charge is 0.124 e. The van der Waals surface area contributed by atoms with Crippen LogP contribution in [0.5, 0.6) is 11.5 Å². The first-order chi connectivity index (χ1) is 10.6. The third kappa shape index (κ3) is 4.75. The summed E-state index contributed by atoms with van der Waals surface area (Å²) < 4.78 is 10.2. The Bertz CT molecular complexity index is 543. The van der Waals surface area contributed by atoms with Crippen molar-refractivity contribution < 1.29 is 14.6 Å². The molecular formula is C18H23BrO3. The van der Waals surface area contributed by atoms with Gasteiger partial charge in [-0.15, -0.1) is 0 Å². The number of aliphatic hydroxyl groups excluding tert-OH is 1. The molecule has 22 heavy (non-hydrogen) atoms. The molecule has 120 valence electrons. The Morgan fingerprint density at radius 2 is 1.32 bits per heavy atom. The molecule has 0 saturated carbocycles. The Morgan fingerprint density at radius 3 is 1.64 bits per heavy atom. The lowest BCUT2D eigenvalue weighted by Gasteiger charge is -2.07. The molecule has 0 heterocycles. The zero-order valence-electron chi connectivity index (χ0n) is 13.5. The van der Waals surface area contributed by atoms with E-state index in [-0.39, 0.29) is 6.61 Å². The van der Waals surface area contributed by atoms with Crippen LogP contribution in [0.15, 0.2) is 36.4 Å². The van der Waals surface area contributed by atoms with Gasteiger partial charge in [0.05, 0.1) is 20.8 Å². The highest BCUT2D eigenvalue weighted by Crippen LogP contribution is 2.23. The van der Waals surface area contributed by atoms with Crippen LogP contribution in [0.4, 0.5) is 0 Å². The van der Waals surface area contributed by atoms with E-state index in [1.807, 2.05) is 37.3 Å². The summed E-state index contributed by atoms with van der Waals surface area (Å²) in [5, 5.41) is 9.80. The molecule has 4 heteroatoms. The van der Waals surface area contributed by atoms with Crippen LogP contribution in [0.25, 0.3) is 0 Å². The second-order valence-electron chi connectivity index (χ2n) is 4.80. The second-order valence-corrected chi connectivity index (χ2v) is 5.36. The fourth-order valence-electron chi connectivity index (χ4n) is 2.11. The van der Waals surface area contributed by atoms with Crippen LogP contribution in [0.1, 0.15) is 22.3 Å². The summed E-state index contributed by atoms with van der Waals surface area (Å²) in [5.41, 5.74) is 4.43. The average molecular weight is 367 g/mol. The topological polar surface area (TPSA) is 38.7 Å². The van der Waals surface area contributed by atoms with Crippen molar-refractivity contribution >= 4 is 15.9 Å². The highest BCUT2D eigenvalue weighted by atomic mass is 79.9. The zero-order valence-corrected chi connectivity index (χ0v) is 15.1. The Hall–Kier alpha value is -1.52. The van der Waals surface area contributed by atoms with Crippen molar-refractivity contribution in [3.8, 4) is 11.5 Å². The third-order valence-corrected chi connectivity index (χ3v) is 4.03. The molecule has 2 rings (SSSR count). The molecule has 2 aromatic rings. The number of rotatable bonds is 4. The predicted octanol–water partition coefficient (Wildman–Crippen LogP) is 4.39. The van der Waals surface area contributed by atoms with Crippen LogP contribution in [0.2, 0.25) is 0 Å². The molecule has 0 aliphatic rings. The number of halogens is 1. The minimum atomic E-state index is 0.0375. The highest BCUT2D eigenvalue weighted by Gasteiger charge is 2.03. The van der Waals surface area contributed by atoms with Crippen molar-refractivity contribution in [2.45, 2.75) is 25.8 Å². The molecule has 0 saturated heterocycles. The molecule has 0 bridgehead atoms. The summed E-state index contributed by atoms with van der Waals surface area (Å²) in [6, 6.07) is 11.8. The third-order valence-electron chi connectivity index (χ3n) is 3.47. The van der Waals surface area contributed by atoms with Crippen molar-refractivity contribution in [3.05, 3.63) is 58.7 Å². The van der Waals surface area contributed by atoms with Crippen molar-refractivity contribution in [3.63, 3.8) is 0 Å². The van der Waals surface area contributed by atoms with Crippen LogP contribution in [0, 0.1) is 13.8 Å². The maximum Gasteiger partial charge on any atom is 0.124 e. The largest absolute Gasteiger partial charge is 0.496 e. The summed E-state index contributed by atoms with van der Waals surface area (Å²) in [6.07, 6.45) is 0. The van der Waals surface area contributed by atoms with Gasteiger partial charge in [0, 0.05) is 16.5 Å². The van der Waals surface area contributed by atoms with Crippen LogP contribution >= 0.6 is 15.9 Å². The lowest BCUT2D eigenvalue weighted by Crippen LogP contribution is -1.94. The molecular weight excluding hydrogens is 344 g/mol. The normalized spacial score (nSPS) is 9.73. The molecule has 0 radical (unpaired) electrons. The zero-order chi connectivity index (χ0) is 16.5. The Kier molecular flexibility index (Phi) is 7.99. The van der Waals surface area contributed by atoms with Crippen molar-refractivity contribution in [1.82, 2.24) is 0 Å². The summed E-state index contributed by atoms with van der Waals surface area (Å²) >= 11 is 3.42. The van der Waals surface area contributed by atoms with Gasteiger partial charge in [0.2, 0.25) is 0 Å². The number of methoxy groups -OCH3 is 2. The Labute approximate surface area is 141 Å². The van der Waals surface area contributed by atoms with E-state index in [1.54, 1.807) is 14.2 Å². The molecule has 0 amide bonds. The van der Waals surface area contributed by atoms with E-state index in [1.165, 1.54) is 11.1 Å². The summed E-state index contributed by atoms with van der Waals surface area (Å²) in [7, 11) is 3.30. The SMILES string of the molecule is COc1cccc(C)c1CBr.COc1cccc(C)c1CO. The number of benzene rings is 2. The van der Waals surface area contributed by atoms with Crippen LogP contribution in [-0.4, -0.2) is 19.3 Å². The van der Waals surface area contributed by atoms with Gasteiger partial charge in [-0.05, 0) is 37.1 Å². The van der Waals surface area contributed by atoms with Gasteiger partial charge < -0.3 is 14.6 Å². The van der Waals surface area contributed by atoms with Gasteiger partial charge in [-0.2, -0.15) is 0 Å². The van der Waals surface area contributed by atoms with Gasteiger partial charge in [0.25, 0.3) is 0 Å². The standard InChI is InChI=1S/C9H11BrO.C9H12O2/c2*1-7-4-3-5-9(11-2)8(7)6-10/h3-5H,6H2,1-2H3;3-5,10H,6H2,1-2H3. The Balaban J connectivity index is 0.000000220. The maximum absolute atomic E-state index is 8.95. The summed E-state index contributed by atoms with van der Waals surface area (Å²) in [4.78, 5) is 0. The van der Waals surface area contributed by atoms with Gasteiger partial charge in [-0.25, -0.2) is 0 Å². The van der Waals surface area contributed by atoms with E-state index < -0.39 is 0 Å². The Morgan fingerprint density at radius 1 is 0.864 bits per heavy atom. The average Bonchev–Trinajstić information content (AvgIpc) is 2.54. The fraction of sp³-hybridized carbons (Fsp3) is 0.333. The molecule has 2 aromatic carbocycles. The summed E-state index contributed by atoms with van der Waals surface area (Å²) in [6.45, 7) is 4.07. The van der Waals surface area contributed by atoms with E-state index >= 15 is 0 Å². The fourth-order valence-corrected chi connectivity index (χ4v) is 2.83. The van der Waals surface area contributed by atoms with Crippen molar-refractivity contribution in [2.24, 2.45) is 0 Å². The van der Waals surface area contributed by atoms with Crippen molar-refractivity contribution in [1.29, 1.82) is 0 Å². The molecule has 0 aliphatic carbocycles. The molecule has 0 spiro atoms. The number of hydrogen-bond acceptors (Lipinski definition) is 3.